The molecule has 0 N–H and O–H groups in total. The minimum atomic E-state index is -0.0201. The van der Waals surface area contributed by atoms with E-state index in [2.05, 4.69) is 30.0 Å². The zero-order valence-electron chi connectivity index (χ0n) is 11.0. The summed E-state index contributed by atoms with van der Waals surface area (Å²) in [6.45, 7) is 4.00. The lowest BCUT2D eigenvalue weighted by Gasteiger charge is -2.45. The Labute approximate surface area is 113 Å². The molecule has 1 aromatic carbocycles. The van der Waals surface area contributed by atoms with Crippen molar-refractivity contribution in [2.75, 3.05) is 4.90 Å². The molecule has 2 nitrogen and oxygen atoms in total. The van der Waals surface area contributed by atoms with Crippen LogP contribution in [-0.2, 0) is 4.79 Å². The number of para-hydroxylation sites is 1. The fourth-order valence-corrected chi connectivity index (χ4v) is 5.06. The van der Waals surface area contributed by atoms with Gasteiger partial charge in [-0.25, -0.2) is 0 Å². The van der Waals surface area contributed by atoms with Crippen LogP contribution in [0.1, 0.15) is 39.5 Å². The number of benzene rings is 1. The van der Waals surface area contributed by atoms with E-state index in [1.807, 2.05) is 17.8 Å². The number of carbonyl (C=O) groups excluding carboxylic acids is 1. The number of fused-ring (bicyclic) bond motifs is 1. The average molecular weight is 261 g/mol. The zero-order valence-corrected chi connectivity index (χ0v) is 11.8. The molecule has 1 aromatic rings. The fourth-order valence-electron chi connectivity index (χ4n) is 3.39. The topological polar surface area (TPSA) is 20.3 Å². The van der Waals surface area contributed by atoms with Gasteiger partial charge in [-0.1, -0.05) is 43.7 Å². The molecule has 0 radical (unpaired) electrons. The molecule has 1 aliphatic carbocycles. The molecule has 0 saturated heterocycles. The first-order valence-electron chi connectivity index (χ1n) is 6.74. The summed E-state index contributed by atoms with van der Waals surface area (Å²) in [6, 6.07) is 8.32. The third-order valence-corrected chi connectivity index (χ3v) is 5.99. The molecule has 18 heavy (non-hydrogen) atoms. The van der Waals surface area contributed by atoms with E-state index in [-0.39, 0.29) is 10.8 Å². The lowest BCUT2D eigenvalue weighted by molar-refractivity contribution is -0.117. The van der Waals surface area contributed by atoms with Crippen LogP contribution in [0.5, 0.6) is 0 Å². The van der Waals surface area contributed by atoms with Gasteiger partial charge in [-0.05, 0) is 30.9 Å². The Morgan fingerprint density at radius 2 is 2.17 bits per heavy atom. The Bertz CT molecular complexity index is 487. The summed E-state index contributed by atoms with van der Waals surface area (Å²) in [5.74, 6) is 0.744. The number of hydrogen-bond acceptors (Lipinski definition) is 2. The van der Waals surface area contributed by atoms with Crippen molar-refractivity contribution in [3.05, 3.63) is 24.3 Å². The first-order chi connectivity index (χ1) is 8.65. The van der Waals surface area contributed by atoms with E-state index >= 15 is 0 Å². The van der Waals surface area contributed by atoms with Crippen molar-refractivity contribution >= 4 is 23.4 Å². The number of nitrogens with zero attached hydrogens (tertiary/aromatic N) is 1. The number of amides is 1. The second-order valence-corrected chi connectivity index (χ2v) is 6.77. The first kappa shape index (κ1) is 12.1. The summed E-state index contributed by atoms with van der Waals surface area (Å²) < 4.78 is 0. The largest absolute Gasteiger partial charge is 0.296 e. The van der Waals surface area contributed by atoms with Crippen molar-refractivity contribution in [2.45, 2.75) is 49.3 Å². The van der Waals surface area contributed by atoms with Crippen LogP contribution in [0.4, 0.5) is 5.69 Å². The molecule has 2 aliphatic rings. The van der Waals surface area contributed by atoms with Crippen LogP contribution >= 0.6 is 11.8 Å². The van der Waals surface area contributed by atoms with E-state index in [1.54, 1.807) is 6.92 Å². The third kappa shape index (κ3) is 1.60. The molecule has 0 bridgehead atoms. The summed E-state index contributed by atoms with van der Waals surface area (Å²) in [4.78, 5) is 15.5. The van der Waals surface area contributed by atoms with Crippen LogP contribution in [0.15, 0.2) is 29.2 Å². The summed E-state index contributed by atoms with van der Waals surface area (Å²) in [5.41, 5.74) is 1.11. The van der Waals surface area contributed by atoms with Gasteiger partial charge in [0.2, 0.25) is 5.91 Å². The zero-order chi connectivity index (χ0) is 12.8. The highest BCUT2D eigenvalue weighted by Crippen LogP contribution is 2.58. The predicted molar refractivity (Wildman–Crippen MR) is 75.8 cm³/mol. The minimum Gasteiger partial charge on any atom is -0.296 e. The van der Waals surface area contributed by atoms with Gasteiger partial charge in [0.15, 0.2) is 0 Å². The molecule has 3 heteroatoms. The second-order valence-electron chi connectivity index (χ2n) is 5.42. The molecule has 1 fully saturated rings. The quantitative estimate of drug-likeness (QED) is 0.702. The van der Waals surface area contributed by atoms with Crippen molar-refractivity contribution in [3.63, 3.8) is 0 Å². The number of anilines is 1. The van der Waals surface area contributed by atoms with E-state index < -0.39 is 0 Å². The molecule has 1 amide bonds. The third-order valence-electron chi connectivity index (χ3n) is 4.28. The van der Waals surface area contributed by atoms with E-state index in [4.69, 9.17) is 0 Å². The summed E-state index contributed by atoms with van der Waals surface area (Å²) >= 11 is 1.91. The lowest BCUT2D eigenvalue weighted by atomic mass is 9.84. The van der Waals surface area contributed by atoms with Crippen molar-refractivity contribution in [2.24, 2.45) is 5.92 Å². The van der Waals surface area contributed by atoms with Crippen LogP contribution in [0, 0.1) is 5.92 Å². The van der Waals surface area contributed by atoms with Crippen molar-refractivity contribution in [1.29, 1.82) is 0 Å². The van der Waals surface area contributed by atoms with Crippen LogP contribution < -0.4 is 4.90 Å². The molecular weight excluding hydrogens is 242 g/mol. The van der Waals surface area contributed by atoms with Gasteiger partial charge >= 0.3 is 0 Å². The minimum absolute atomic E-state index is 0.0201. The highest BCUT2D eigenvalue weighted by Gasteiger charge is 2.50. The van der Waals surface area contributed by atoms with Crippen LogP contribution in [0.3, 0.4) is 0 Å². The number of carbonyl (C=O) groups is 1. The maximum absolute atomic E-state index is 12.1. The summed E-state index contributed by atoms with van der Waals surface area (Å²) in [7, 11) is 0. The molecular formula is C15H19NOS. The molecule has 1 spiro atoms. The van der Waals surface area contributed by atoms with Crippen LogP contribution in [-0.4, -0.2) is 10.8 Å². The number of rotatable bonds is 0. The van der Waals surface area contributed by atoms with Gasteiger partial charge in [-0.15, -0.1) is 0 Å². The van der Waals surface area contributed by atoms with Crippen molar-refractivity contribution in [3.8, 4) is 0 Å². The van der Waals surface area contributed by atoms with Gasteiger partial charge in [-0.3, -0.25) is 9.69 Å². The Morgan fingerprint density at radius 1 is 1.39 bits per heavy atom. The number of hydrogen-bond donors (Lipinski definition) is 0. The second kappa shape index (κ2) is 4.30. The highest BCUT2D eigenvalue weighted by atomic mass is 32.2. The monoisotopic (exact) mass is 261 g/mol. The van der Waals surface area contributed by atoms with E-state index in [1.165, 1.54) is 24.2 Å². The van der Waals surface area contributed by atoms with E-state index in [0.29, 0.717) is 5.92 Å². The molecule has 1 heterocycles. The molecule has 3 rings (SSSR count). The molecule has 0 aromatic heterocycles. The van der Waals surface area contributed by atoms with Crippen molar-refractivity contribution in [1.82, 2.24) is 0 Å². The Balaban J connectivity index is 2.10. The van der Waals surface area contributed by atoms with E-state index in [9.17, 15) is 4.79 Å². The predicted octanol–water partition coefficient (Wildman–Crippen LogP) is 4.05. The maximum atomic E-state index is 12.1. The smallest absolute Gasteiger partial charge is 0.225 e. The molecule has 1 saturated carbocycles. The Hall–Kier alpha value is -0.960. The molecule has 1 aliphatic heterocycles. The van der Waals surface area contributed by atoms with Crippen molar-refractivity contribution < 1.29 is 4.79 Å². The maximum Gasteiger partial charge on any atom is 0.225 e. The van der Waals surface area contributed by atoms with Gasteiger partial charge in [0.05, 0.1) is 5.69 Å². The summed E-state index contributed by atoms with van der Waals surface area (Å²) in [5, 5.41) is 0. The summed E-state index contributed by atoms with van der Waals surface area (Å²) in [6.07, 6.45) is 4.87. The normalized spacial score (nSPS) is 30.6. The molecule has 2 unspecified atom stereocenters. The van der Waals surface area contributed by atoms with E-state index in [0.717, 1.165) is 12.1 Å². The van der Waals surface area contributed by atoms with Gasteiger partial charge in [0, 0.05) is 11.8 Å². The van der Waals surface area contributed by atoms with Crippen LogP contribution in [0.2, 0.25) is 0 Å². The lowest BCUT2D eigenvalue weighted by Crippen LogP contribution is -2.52. The highest BCUT2D eigenvalue weighted by molar-refractivity contribution is 8.01. The SMILES string of the molecule is CC(=O)N1c2ccccc2SC12CCCCC2C. The average Bonchev–Trinajstić information content (AvgIpc) is 2.68. The standard InChI is InChI=1S/C15H19NOS/c1-11-7-5-6-10-15(11)16(12(2)17)13-8-3-4-9-14(13)18-15/h3-4,8-9,11H,5-7,10H2,1-2H3. The first-order valence-corrected chi connectivity index (χ1v) is 7.55. The van der Waals surface area contributed by atoms with Gasteiger partial charge in [-0.2, -0.15) is 0 Å². The van der Waals surface area contributed by atoms with Gasteiger partial charge < -0.3 is 0 Å². The number of thioether (sulfide) groups is 1. The molecule has 96 valence electrons. The van der Waals surface area contributed by atoms with Gasteiger partial charge in [0.1, 0.15) is 4.87 Å². The Kier molecular flexibility index (Phi) is 2.89. The van der Waals surface area contributed by atoms with Gasteiger partial charge in [0.25, 0.3) is 0 Å². The van der Waals surface area contributed by atoms with Crippen LogP contribution in [0.25, 0.3) is 0 Å². The Morgan fingerprint density at radius 3 is 2.89 bits per heavy atom. The molecule has 2 atom stereocenters. The fraction of sp³-hybridized carbons (Fsp3) is 0.533.